The average molecular weight is 813 g/mol. The summed E-state index contributed by atoms with van der Waals surface area (Å²) in [6.45, 7) is 2.92. The van der Waals surface area contributed by atoms with Crippen molar-refractivity contribution in [3.63, 3.8) is 0 Å². The van der Waals surface area contributed by atoms with Gasteiger partial charge in [-0.25, -0.2) is 18.2 Å². The zero-order valence-electron chi connectivity index (χ0n) is 31.9. The molecule has 0 radical (unpaired) electrons. The lowest BCUT2D eigenvalue weighted by atomic mass is 9.89. The first-order valence-corrected chi connectivity index (χ1v) is 21.2. The van der Waals surface area contributed by atoms with E-state index in [2.05, 4.69) is 15.2 Å². The van der Waals surface area contributed by atoms with Gasteiger partial charge in [-0.05, 0) is 105 Å². The maximum atomic E-state index is 16.3. The molecule has 1 atom stereocenters. The van der Waals surface area contributed by atoms with Gasteiger partial charge >= 0.3 is 15.9 Å². The summed E-state index contributed by atoms with van der Waals surface area (Å²) in [5, 5.41) is 2.98. The van der Waals surface area contributed by atoms with E-state index in [4.69, 9.17) is 9.47 Å². The number of aromatic amines is 1. The van der Waals surface area contributed by atoms with E-state index in [1.165, 1.54) is 10.1 Å². The number of imidazole rings is 1. The SMILES string of the molecule is O=C1CCC(n2c(=O)[nH]c3cc(C4CCN(CCCCCCOc5ccc6cc(OCc7ccccc7)c(N7CC(=O)NS7(=O)=O)c(F)c6c5)CC4)ccc32)C(=O)N1. The first kappa shape index (κ1) is 39.1. The molecule has 1 aromatic heterocycles. The number of fused-ring (bicyclic) bond motifs is 2. The number of nitrogens with zero attached hydrogens (tertiary/aromatic N) is 3. The molecule has 0 bridgehead atoms. The molecular formula is C42H45FN6O8S. The second-order valence-electron chi connectivity index (χ2n) is 15.2. The quantitative estimate of drug-likeness (QED) is 0.101. The molecule has 58 heavy (non-hydrogen) atoms. The van der Waals surface area contributed by atoms with E-state index in [1.807, 2.05) is 53.3 Å². The number of imide groups is 1. The number of hydrogen-bond donors (Lipinski definition) is 3. The van der Waals surface area contributed by atoms with Crippen molar-refractivity contribution in [2.24, 2.45) is 0 Å². The van der Waals surface area contributed by atoms with Crippen LogP contribution in [0.25, 0.3) is 21.8 Å². The smallest absolute Gasteiger partial charge is 0.327 e. The van der Waals surface area contributed by atoms with Crippen LogP contribution in [0, 0.1) is 5.82 Å². The van der Waals surface area contributed by atoms with Gasteiger partial charge in [0, 0.05) is 11.8 Å². The number of benzene rings is 4. The fraction of sp³-hybridized carbons (Fsp3) is 0.381. The van der Waals surface area contributed by atoms with Crippen LogP contribution in [0.3, 0.4) is 0 Å². The molecule has 0 aliphatic carbocycles. The summed E-state index contributed by atoms with van der Waals surface area (Å²) >= 11 is 0. The Kier molecular flexibility index (Phi) is 11.2. The van der Waals surface area contributed by atoms with Crippen molar-refractivity contribution >= 4 is 55.4 Å². The van der Waals surface area contributed by atoms with E-state index in [-0.39, 0.29) is 41.4 Å². The summed E-state index contributed by atoms with van der Waals surface area (Å²) in [6.07, 6.45) is 6.40. The molecule has 304 valence electrons. The minimum atomic E-state index is -4.30. The number of carbonyl (C=O) groups is 3. The van der Waals surface area contributed by atoms with Gasteiger partial charge in [0.1, 0.15) is 36.4 Å². The van der Waals surface area contributed by atoms with Crippen molar-refractivity contribution in [1.29, 1.82) is 0 Å². The van der Waals surface area contributed by atoms with E-state index in [0.29, 0.717) is 45.4 Å². The van der Waals surface area contributed by atoms with Gasteiger partial charge in [-0.3, -0.25) is 24.3 Å². The Morgan fingerprint density at radius 2 is 1.62 bits per heavy atom. The number of nitrogens with one attached hydrogen (secondary N) is 3. The zero-order chi connectivity index (χ0) is 40.4. The van der Waals surface area contributed by atoms with Crippen LogP contribution in [0.4, 0.5) is 10.1 Å². The van der Waals surface area contributed by atoms with Crippen molar-refractivity contribution in [3.8, 4) is 11.5 Å². The second-order valence-corrected chi connectivity index (χ2v) is 16.7. The minimum Gasteiger partial charge on any atom is -0.494 e. The van der Waals surface area contributed by atoms with Crippen LogP contribution >= 0.6 is 0 Å². The number of amides is 3. The number of aromatic nitrogens is 2. The third-order valence-electron chi connectivity index (χ3n) is 11.3. The van der Waals surface area contributed by atoms with Gasteiger partial charge < -0.3 is 19.4 Å². The van der Waals surface area contributed by atoms with E-state index in [0.717, 1.165) is 63.7 Å². The van der Waals surface area contributed by atoms with Crippen LogP contribution in [-0.2, 0) is 31.2 Å². The lowest BCUT2D eigenvalue weighted by molar-refractivity contribution is -0.135. The summed E-state index contributed by atoms with van der Waals surface area (Å²) < 4.78 is 57.9. The Bertz CT molecular complexity index is 2530. The predicted molar refractivity (Wildman–Crippen MR) is 215 cm³/mol. The number of unbranched alkanes of at least 4 members (excludes halogenated alkanes) is 3. The molecule has 0 spiro atoms. The zero-order valence-corrected chi connectivity index (χ0v) is 32.7. The number of anilines is 1. The van der Waals surface area contributed by atoms with Crippen LogP contribution < -0.4 is 29.5 Å². The Morgan fingerprint density at radius 1 is 0.828 bits per heavy atom. The molecule has 4 aromatic carbocycles. The molecule has 0 saturated carbocycles. The van der Waals surface area contributed by atoms with Crippen LogP contribution in [-0.4, -0.2) is 73.4 Å². The molecule has 16 heteroatoms. The Morgan fingerprint density at radius 3 is 2.38 bits per heavy atom. The van der Waals surface area contributed by atoms with Crippen LogP contribution in [0.5, 0.6) is 11.5 Å². The lowest BCUT2D eigenvalue weighted by Crippen LogP contribution is -2.43. The van der Waals surface area contributed by atoms with Crippen molar-refractivity contribution in [1.82, 2.24) is 24.5 Å². The molecule has 3 fully saturated rings. The summed E-state index contributed by atoms with van der Waals surface area (Å²) in [7, 11) is -4.30. The first-order chi connectivity index (χ1) is 28.0. The van der Waals surface area contributed by atoms with Crippen molar-refractivity contribution < 1.29 is 36.7 Å². The molecular weight excluding hydrogens is 768 g/mol. The Hall–Kier alpha value is -5.74. The molecule has 3 amide bonds. The second kappa shape index (κ2) is 16.6. The van der Waals surface area contributed by atoms with E-state index in [9.17, 15) is 27.6 Å². The van der Waals surface area contributed by atoms with Crippen LogP contribution in [0.2, 0.25) is 0 Å². The van der Waals surface area contributed by atoms with Gasteiger partial charge in [0.25, 0.3) is 5.91 Å². The monoisotopic (exact) mass is 812 g/mol. The maximum absolute atomic E-state index is 16.3. The van der Waals surface area contributed by atoms with Gasteiger partial charge in [-0.1, -0.05) is 55.3 Å². The summed E-state index contributed by atoms with van der Waals surface area (Å²) in [5.41, 5.74) is 2.67. The number of hydrogen-bond acceptors (Lipinski definition) is 9. The van der Waals surface area contributed by atoms with Gasteiger partial charge in [0.15, 0.2) is 5.82 Å². The van der Waals surface area contributed by atoms with Crippen LogP contribution in [0.15, 0.2) is 77.6 Å². The van der Waals surface area contributed by atoms with Crippen molar-refractivity contribution in [2.45, 2.75) is 69.9 Å². The van der Waals surface area contributed by atoms with Gasteiger partial charge in [-0.15, -0.1) is 0 Å². The molecule has 5 aromatic rings. The number of ether oxygens (including phenoxy) is 2. The third kappa shape index (κ3) is 8.29. The van der Waals surface area contributed by atoms with Crippen molar-refractivity contribution in [3.05, 3.63) is 100 Å². The number of halogens is 1. The molecule has 3 aliphatic heterocycles. The standard InChI is InChI=1S/C42H45FN6O8S/c43-39-32-24-31(12-10-30(32)23-36(57-26-27-8-4-3-5-9-27)40(39)48-25-38(51)46-58(48,54)55)56-21-7-2-1-6-18-47-19-16-28(17-20-47)29-11-13-34-33(22-29)44-42(53)49(34)35-14-15-37(50)45-41(35)52/h3-5,8-13,22-24,28,35H,1-2,6-7,14-21,25-26H2,(H,44,53)(H,46,51)(H,45,50,52). The van der Waals surface area contributed by atoms with Gasteiger partial charge in [0.2, 0.25) is 11.8 Å². The summed E-state index contributed by atoms with van der Waals surface area (Å²) in [5.74, 6) is -1.51. The van der Waals surface area contributed by atoms with Crippen LogP contribution in [0.1, 0.15) is 74.5 Å². The number of H-pyrrole nitrogens is 1. The first-order valence-electron chi connectivity index (χ1n) is 19.7. The highest BCUT2D eigenvalue weighted by molar-refractivity contribution is 7.92. The fourth-order valence-corrected chi connectivity index (χ4v) is 9.38. The summed E-state index contributed by atoms with van der Waals surface area (Å²) in [4.78, 5) is 54.3. The Balaban J connectivity index is 0.806. The highest BCUT2D eigenvalue weighted by Gasteiger charge is 2.38. The van der Waals surface area contributed by atoms with E-state index >= 15 is 4.39 Å². The average Bonchev–Trinajstić information content (AvgIpc) is 3.68. The molecule has 14 nitrogen and oxygen atoms in total. The summed E-state index contributed by atoms with van der Waals surface area (Å²) in [6, 6.07) is 21.1. The number of carbonyl (C=O) groups excluding carboxylic acids is 3. The molecule has 3 aliphatic rings. The molecule has 8 rings (SSSR count). The highest BCUT2D eigenvalue weighted by atomic mass is 32.2. The minimum absolute atomic E-state index is 0.00364. The van der Waals surface area contributed by atoms with Gasteiger partial charge in [-0.2, -0.15) is 8.42 Å². The number of piperidine rings is 2. The number of rotatable bonds is 14. The van der Waals surface area contributed by atoms with E-state index < -0.39 is 40.4 Å². The highest BCUT2D eigenvalue weighted by Crippen LogP contribution is 2.41. The van der Waals surface area contributed by atoms with Gasteiger partial charge in [0.05, 0.1) is 17.6 Å². The Labute approximate surface area is 334 Å². The molecule has 1 unspecified atom stereocenters. The maximum Gasteiger partial charge on any atom is 0.327 e. The lowest BCUT2D eigenvalue weighted by Gasteiger charge is -2.32. The van der Waals surface area contributed by atoms with E-state index in [1.54, 1.807) is 24.3 Å². The third-order valence-corrected chi connectivity index (χ3v) is 12.6. The normalized spacial score (nSPS) is 18.8. The molecule has 4 heterocycles. The topological polar surface area (TPSA) is 172 Å². The molecule has 3 N–H and O–H groups in total. The molecule has 3 saturated heterocycles. The largest absolute Gasteiger partial charge is 0.494 e. The van der Waals surface area contributed by atoms with Crippen molar-refractivity contribution in [2.75, 3.05) is 37.1 Å². The predicted octanol–water partition coefficient (Wildman–Crippen LogP) is 5.18. The number of likely N-dealkylation sites (tertiary alicyclic amines) is 1. The fourth-order valence-electron chi connectivity index (χ4n) is 8.22.